The van der Waals surface area contributed by atoms with Gasteiger partial charge in [0.05, 0.1) is 11.5 Å². The third-order valence-electron chi connectivity index (χ3n) is 4.36. The minimum atomic E-state index is -3.08. The van der Waals surface area contributed by atoms with Crippen LogP contribution in [0.25, 0.3) is 0 Å². The van der Waals surface area contributed by atoms with Gasteiger partial charge in [-0.15, -0.1) is 0 Å². The molecule has 0 spiro atoms. The molecule has 25 heavy (non-hydrogen) atoms. The first-order valence-corrected chi connectivity index (χ1v) is 10.4. The molecule has 0 saturated carbocycles. The lowest BCUT2D eigenvalue weighted by molar-refractivity contribution is -0.147. The fourth-order valence-corrected chi connectivity index (χ4v) is 4.72. The fourth-order valence-electron chi connectivity index (χ4n) is 2.99. The number of hydrogen-bond acceptors (Lipinski definition) is 4. The molecule has 1 aromatic carbocycles. The average Bonchev–Trinajstić information content (AvgIpc) is 2.89. The number of rotatable bonds is 7. The highest BCUT2D eigenvalue weighted by Gasteiger charge is 2.41. The van der Waals surface area contributed by atoms with Crippen LogP contribution in [-0.4, -0.2) is 48.9 Å². The Hall–Kier alpha value is -1.63. The smallest absolute Gasteiger partial charge is 0.266 e. The van der Waals surface area contributed by atoms with Gasteiger partial charge in [0.2, 0.25) is 0 Å². The van der Waals surface area contributed by atoms with Crippen molar-refractivity contribution in [3.63, 3.8) is 0 Å². The van der Waals surface area contributed by atoms with Gasteiger partial charge in [-0.1, -0.05) is 13.3 Å². The van der Waals surface area contributed by atoms with Crippen molar-refractivity contribution < 1.29 is 22.3 Å². The number of carbonyl (C=O) groups excluding carboxylic acids is 1. The van der Waals surface area contributed by atoms with Crippen LogP contribution in [0.4, 0.5) is 4.39 Å². The number of carbonyl (C=O) groups is 1. The lowest BCUT2D eigenvalue weighted by Gasteiger charge is -2.35. The van der Waals surface area contributed by atoms with E-state index in [2.05, 4.69) is 0 Å². The molecule has 0 aliphatic carbocycles. The third kappa shape index (κ3) is 5.17. The van der Waals surface area contributed by atoms with Gasteiger partial charge in [0.25, 0.3) is 5.91 Å². The normalized spacial score (nSPS) is 19.6. The summed E-state index contributed by atoms with van der Waals surface area (Å²) in [6, 6.07) is 5.18. The van der Waals surface area contributed by atoms with Crippen LogP contribution < -0.4 is 4.74 Å². The molecule has 0 aromatic heterocycles. The van der Waals surface area contributed by atoms with E-state index in [0.717, 1.165) is 12.8 Å². The summed E-state index contributed by atoms with van der Waals surface area (Å²) in [7, 11) is -3.08. The summed E-state index contributed by atoms with van der Waals surface area (Å²) in [5.41, 5.74) is -1.17. The summed E-state index contributed by atoms with van der Waals surface area (Å²) < 4.78 is 42.4. The first-order chi connectivity index (χ1) is 11.6. The lowest BCUT2D eigenvalue weighted by atomic mass is 10.0. The van der Waals surface area contributed by atoms with E-state index in [1.165, 1.54) is 24.3 Å². The molecule has 5 nitrogen and oxygen atoms in total. The summed E-state index contributed by atoms with van der Waals surface area (Å²) in [4.78, 5) is 14.7. The molecule has 1 unspecified atom stereocenters. The number of benzene rings is 1. The van der Waals surface area contributed by atoms with Crippen LogP contribution in [0.15, 0.2) is 24.3 Å². The second-order valence-electron chi connectivity index (χ2n) is 6.98. The molecular weight excluding hydrogens is 345 g/mol. The third-order valence-corrected chi connectivity index (χ3v) is 6.11. The van der Waals surface area contributed by atoms with Gasteiger partial charge in [-0.2, -0.15) is 0 Å². The Morgan fingerprint density at radius 3 is 2.48 bits per heavy atom. The van der Waals surface area contributed by atoms with E-state index in [0.29, 0.717) is 18.7 Å². The summed E-state index contributed by atoms with van der Waals surface area (Å²) in [5, 5.41) is 0. The average molecular weight is 371 g/mol. The number of amides is 1. The molecule has 1 heterocycles. The molecule has 1 aliphatic rings. The lowest BCUT2D eigenvalue weighted by Crippen LogP contribution is -2.53. The molecule has 140 valence electrons. The maximum absolute atomic E-state index is 13.1. The van der Waals surface area contributed by atoms with Crippen LogP contribution in [0, 0.1) is 5.82 Å². The molecule has 1 atom stereocenters. The minimum Gasteiger partial charge on any atom is -0.478 e. The van der Waals surface area contributed by atoms with E-state index in [9.17, 15) is 17.6 Å². The van der Waals surface area contributed by atoms with Crippen LogP contribution in [0.2, 0.25) is 0 Å². The molecule has 0 radical (unpaired) electrons. The largest absolute Gasteiger partial charge is 0.478 e. The number of halogens is 1. The van der Waals surface area contributed by atoms with E-state index in [-0.39, 0.29) is 29.3 Å². The van der Waals surface area contributed by atoms with Gasteiger partial charge in [-0.05, 0) is 51.0 Å². The van der Waals surface area contributed by atoms with Crippen molar-refractivity contribution in [1.82, 2.24) is 4.90 Å². The van der Waals surface area contributed by atoms with Crippen molar-refractivity contribution in [3.8, 4) is 5.75 Å². The zero-order valence-electron chi connectivity index (χ0n) is 15.0. The second-order valence-corrected chi connectivity index (χ2v) is 9.20. The Morgan fingerprint density at radius 1 is 1.32 bits per heavy atom. The maximum Gasteiger partial charge on any atom is 0.266 e. The van der Waals surface area contributed by atoms with Gasteiger partial charge >= 0.3 is 0 Å². The summed E-state index contributed by atoms with van der Waals surface area (Å²) in [6.07, 6.45) is 2.17. The predicted molar refractivity (Wildman–Crippen MR) is 94.8 cm³/mol. The molecular formula is C18H26FNO4S. The first-order valence-electron chi connectivity index (χ1n) is 8.61. The Kier molecular flexibility index (Phi) is 6.08. The van der Waals surface area contributed by atoms with Crippen molar-refractivity contribution in [2.75, 3.05) is 18.1 Å². The van der Waals surface area contributed by atoms with Crippen molar-refractivity contribution in [2.45, 2.75) is 51.7 Å². The molecule has 1 aliphatic heterocycles. The topological polar surface area (TPSA) is 63.7 Å². The maximum atomic E-state index is 13.1. The van der Waals surface area contributed by atoms with Crippen LogP contribution in [0.5, 0.6) is 5.75 Å². The highest BCUT2D eigenvalue weighted by molar-refractivity contribution is 7.91. The highest BCUT2D eigenvalue weighted by atomic mass is 32.2. The number of ether oxygens (including phenoxy) is 1. The molecule has 7 heteroatoms. The minimum absolute atomic E-state index is 0.00901. The molecule has 2 rings (SSSR count). The summed E-state index contributed by atoms with van der Waals surface area (Å²) in [6.45, 7) is 5.84. The monoisotopic (exact) mass is 371 g/mol. The van der Waals surface area contributed by atoms with Crippen molar-refractivity contribution in [2.24, 2.45) is 0 Å². The Labute approximate surface area is 149 Å². The van der Waals surface area contributed by atoms with Gasteiger partial charge in [0.1, 0.15) is 11.6 Å². The zero-order chi connectivity index (χ0) is 18.7. The Morgan fingerprint density at radius 2 is 1.96 bits per heavy atom. The summed E-state index contributed by atoms with van der Waals surface area (Å²) >= 11 is 0. The van der Waals surface area contributed by atoms with Gasteiger partial charge in [-0.3, -0.25) is 4.79 Å². The SMILES string of the molecule is CCCCN(C(=O)C(C)(C)Oc1ccc(F)cc1)C1CCS(=O)(=O)C1. The van der Waals surface area contributed by atoms with E-state index >= 15 is 0 Å². The first kappa shape index (κ1) is 19.7. The second kappa shape index (κ2) is 7.72. The van der Waals surface area contributed by atoms with Crippen molar-refractivity contribution in [3.05, 3.63) is 30.1 Å². The number of unbranched alkanes of at least 4 members (excludes halogenated alkanes) is 1. The van der Waals surface area contributed by atoms with Crippen molar-refractivity contribution >= 4 is 15.7 Å². The van der Waals surface area contributed by atoms with Crippen LogP contribution in [-0.2, 0) is 14.6 Å². The number of hydrogen-bond donors (Lipinski definition) is 0. The number of sulfone groups is 1. The van der Waals surface area contributed by atoms with Crippen LogP contribution in [0.1, 0.15) is 40.0 Å². The van der Waals surface area contributed by atoms with Gasteiger partial charge in [0, 0.05) is 12.6 Å². The van der Waals surface area contributed by atoms with Crippen LogP contribution >= 0.6 is 0 Å². The molecule has 0 N–H and O–H groups in total. The quantitative estimate of drug-likeness (QED) is 0.739. The molecule has 1 amide bonds. The molecule has 1 saturated heterocycles. The number of nitrogens with zero attached hydrogens (tertiary/aromatic N) is 1. The molecule has 0 bridgehead atoms. The Bertz CT molecular complexity index is 700. The van der Waals surface area contributed by atoms with Gasteiger partial charge in [0.15, 0.2) is 15.4 Å². The Balaban J connectivity index is 2.17. The predicted octanol–water partition coefficient (Wildman–Crippen LogP) is 2.80. The van der Waals surface area contributed by atoms with Crippen molar-refractivity contribution in [1.29, 1.82) is 0 Å². The fraction of sp³-hybridized carbons (Fsp3) is 0.611. The highest BCUT2D eigenvalue weighted by Crippen LogP contribution is 2.25. The van der Waals surface area contributed by atoms with Gasteiger partial charge in [-0.25, -0.2) is 12.8 Å². The summed E-state index contributed by atoms with van der Waals surface area (Å²) in [5.74, 6) is -0.0964. The van der Waals surface area contributed by atoms with E-state index in [1.54, 1.807) is 18.7 Å². The van der Waals surface area contributed by atoms with Crippen LogP contribution in [0.3, 0.4) is 0 Å². The standard InChI is InChI=1S/C18H26FNO4S/c1-4-5-11-20(15-10-12-25(22,23)13-15)17(21)18(2,3)24-16-8-6-14(19)7-9-16/h6-9,15H,4-5,10-13H2,1-3H3. The van der Waals surface area contributed by atoms with E-state index < -0.39 is 15.4 Å². The van der Waals surface area contributed by atoms with Gasteiger partial charge < -0.3 is 9.64 Å². The molecule has 1 aromatic rings. The zero-order valence-corrected chi connectivity index (χ0v) is 15.8. The van der Waals surface area contributed by atoms with E-state index in [4.69, 9.17) is 4.74 Å². The molecule has 1 fully saturated rings. The van der Waals surface area contributed by atoms with E-state index in [1.807, 2.05) is 6.92 Å².